The molecule has 0 aromatic heterocycles. The van der Waals surface area contributed by atoms with Gasteiger partial charge in [-0.3, -0.25) is 10.1 Å². The zero-order valence-electron chi connectivity index (χ0n) is 7.61. The summed E-state index contributed by atoms with van der Waals surface area (Å²) in [5, 5.41) is 10.4. The molecule has 1 rings (SSSR count). The third-order valence-corrected chi connectivity index (χ3v) is 1.84. The lowest BCUT2D eigenvalue weighted by Crippen LogP contribution is -1.94. The summed E-state index contributed by atoms with van der Waals surface area (Å²) in [7, 11) is 1.60. The smallest absolute Gasteiger partial charge is 0.269 e. The molecule has 0 saturated heterocycles. The second-order valence-corrected chi connectivity index (χ2v) is 2.80. The van der Waals surface area contributed by atoms with Crippen molar-refractivity contribution in [2.45, 2.75) is 13.5 Å². The van der Waals surface area contributed by atoms with Crippen molar-refractivity contribution in [2.24, 2.45) is 0 Å². The number of hydrogen-bond donors (Lipinski definition) is 0. The van der Waals surface area contributed by atoms with E-state index in [-0.39, 0.29) is 5.69 Å². The maximum absolute atomic E-state index is 10.4. The molecule has 0 N–H and O–H groups in total. The SMILES string of the molecule is COCc1ccc([N+](=O)[O-])cc1C. The molecule has 4 nitrogen and oxygen atoms in total. The predicted octanol–water partition coefficient (Wildman–Crippen LogP) is 2.05. The Kier molecular flexibility index (Phi) is 2.97. The molecular weight excluding hydrogens is 170 g/mol. The summed E-state index contributed by atoms with van der Waals surface area (Å²) >= 11 is 0. The highest BCUT2D eigenvalue weighted by atomic mass is 16.6. The molecule has 0 amide bonds. The second kappa shape index (κ2) is 4.00. The van der Waals surface area contributed by atoms with Gasteiger partial charge >= 0.3 is 0 Å². The molecule has 0 aliphatic heterocycles. The van der Waals surface area contributed by atoms with Gasteiger partial charge in [-0.2, -0.15) is 0 Å². The van der Waals surface area contributed by atoms with Gasteiger partial charge in [0.2, 0.25) is 0 Å². The molecule has 4 heteroatoms. The summed E-state index contributed by atoms with van der Waals surface area (Å²) in [5.41, 5.74) is 1.99. The van der Waals surface area contributed by atoms with Crippen molar-refractivity contribution in [3.05, 3.63) is 39.4 Å². The van der Waals surface area contributed by atoms with Crippen LogP contribution in [0.15, 0.2) is 18.2 Å². The number of hydrogen-bond acceptors (Lipinski definition) is 3. The summed E-state index contributed by atoms with van der Waals surface area (Å²) in [6.45, 7) is 2.32. The molecule has 0 spiro atoms. The first-order valence-corrected chi connectivity index (χ1v) is 3.88. The number of ether oxygens (including phenoxy) is 1. The molecule has 0 aliphatic rings. The topological polar surface area (TPSA) is 52.4 Å². The van der Waals surface area contributed by atoms with E-state index in [0.29, 0.717) is 6.61 Å². The molecule has 0 saturated carbocycles. The van der Waals surface area contributed by atoms with E-state index in [4.69, 9.17) is 4.74 Å². The maximum atomic E-state index is 10.4. The Morgan fingerprint density at radius 3 is 2.69 bits per heavy atom. The largest absolute Gasteiger partial charge is 0.380 e. The Hall–Kier alpha value is -1.42. The Balaban J connectivity index is 2.98. The van der Waals surface area contributed by atoms with E-state index in [1.54, 1.807) is 19.2 Å². The Bertz CT molecular complexity index is 323. The summed E-state index contributed by atoms with van der Waals surface area (Å²) in [6.07, 6.45) is 0. The van der Waals surface area contributed by atoms with Crippen LogP contribution in [0.5, 0.6) is 0 Å². The van der Waals surface area contributed by atoms with Gasteiger partial charge in [0.1, 0.15) is 0 Å². The number of non-ortho nitro benzene ring substituents is 1. The third kappa shape index (κ3) is 2.26. The zero-order valence-corrected chi connectivity index (χ0v) is 7.61. The molecule has 0 radical (unpaired) electrons. The highest BCUT2D eigenvalue weighted by Crippen LogP contribution is 2.17. The van der Waals surface area contributed by atoms with Crippen LogP contribution in [0.4, 0.5) is 5.69 Å². The lowest BCUT2D eigenvalue weighted by molar-refractivity contribution is -0.384. The van der Waals surface area contributed by atoms with Crippen molar-refractivity contribution < 1.29 is 9.66 Å². The number of nitro groups is 1. The second-order valence-electron chi connectivity index (χ2n) is 2.80. The van der Waals surface area contributed by atoms with E-state index in [1.807, 2.05) is 6.92 Å². The van der Waals surface area contributed by atoms with Gasteiger partial charge in [-0.05, 0) is 24.1 Å². The fraction of sp³-hybridized carbons (Fsp3) is 0.333. The number of methoxy groups -OCH3 is 1. The first-order chi connectivity index (χ1) is 6.15. The summed E-state index contributed by atoms with van der Waals surface area (Å²) in [6, 6.07) is 4.76. The van der Waals surface area contributed by atoms with Gasteiger partial charge < -0.3 is 4.74 Å². The van der Waals surface area contributed by atoms with Gasteiger partial charge in [0.05, 0.1) is 11.5 Å². The van der Waals surface area contributed by atoms with Crippen LogP contribution in [-0.4, -0.2) is 12.0 Å². The number of aryl methyl sites for hydroxylation is 1. The van der Waals surface area contributed by atoms with Gasteiger partial charge in [-0.15, -0.1) is 0 Å². The van der Waals surface area contributed by atoms with Crippen molar-refractivity contribution in [1.82, 2.24) is 0 Å². The number of benzene rings is 1. The Labute approximate surface area is 76.3 Å². The summed E-state index contributed by atoms with van der Waals surface area (Å²) in [5.74, 6) is 0. The van der Waals surface area contributed by atoms with Crippen LogP contribution in [0.25, 0.3) is 0 Å². The molecule has 0 atom stereocenters. The molecular formula is C9H11NO3. The highest BCUT2D eigenvalue weighted by molar-refractivity contribution is 5.38. The minimum atomic E-state index is -0.399. The van der Waals surface area contributed by atoms with Crippen LogP contribution in [-0.2, 0) is 11.3 Å². The van der Waals surface area contributed by atoms with Gasteiger partial charge in [0, 0.05) is 19.2 Å². The van der Waals surface area contributed by atoms with Crippen LogP contribution in [0.3, 0.4) is 0 Å². The van der Waals surface area contributed by atoms with E-state index >= 15 is 0 Å². The van der Waals surface area contributed by atoms with Gasteiger partial charge in [0.15, 0.2) is 0 Å². The van der Waals surface area contributed by atoms with E-state index in [2.05, 4.69) is 0 Å². The molecule has 0 aliphatic carbocycles. The normalized spacial score (nSPS) is 10.0. The molecule has 70 valence electrons. The lowest BCUT2D eigenvalue weighted by Gasteiger charge is -2.03. The maximum Gasteiger partial charge on any atom is 0.269 e. The minimum Gasteiger partial charge on any atom is -0.380 e. The molecule has 0 unspecified atom stereocenters. The quantitative estimate of drug-likeness (QED) is 0.529. The number of nitrogens with zero attached hydrogens (tertiary/aromatic N) is 1. The predicted molar refractivity (Wildman–Crippen MR) is 48.5 cm³/mol. The van der Waals surface area contributed by atoms with Crippen molar-refractivity contribution in [3.63, 3.8) is 0 Å². The van der Waals surface area contributed by atoms with Crippen LogP contribution < -0.4 is 0 Å². The standard InChI is InChI=1S/C9H11NO3/c1-7-5-9(10(11)12)4-3-8(7)6-13-2/h3-5H,6H2,1-2H3. The summed E-state index contributed by atoms with van der Waals surface area (Å²) < 4.78 is 4.94. The average Bonchev–Trinajstić information content (AvgIpc) is 2.08. The van der Waals surface area contributed by atoms with Crippen molar-refractivity contribution in [1.29, 1.82) is 0 Å². The minimum absolute atomic E-state index is 0.123. The first-order valence-electron chi connectivity index (χ1n) is 3.88. The first kappa shape index (κ1) is 9.67. The van der Waals surface area contributed by atoms with Crippen molar-refractivity contribution in [2.75, 3.05) is 7.11 Å². The van der Waals surface area contributed by atoms with Crippen LogP contribution in [0.2, 0.25) is 0 Å². The van der Waals surface area contributed by atoms with E-state index in [1.165, 1.54) is 6.07 Å². The molecule has 0 heterocycles. The molecule has 0 bridgehead atoms. The third-order valence-electron chi connectivity index (χ3n) is 1.84. The van der Waals surface area contributed by atoms with E-state index < -0.39 is 4.92 Å². The number of rotatable bonds is 3. The number of nitro benzene ring substituents is 1. The molecule has 13 heavy (non-hydrogen) atoms. The average molecular weight is 181 g/mol. The van der Waals surface area contributed by atoms with E-state index in [9.17, 15) is 10.1 Å². The van der Waals surface area contributed by atoms with Crippen LogP contribution in [0.1, 0.15) is 11.1 Å². The highest BCUT2D eigenvalue weighted by Gasteiger charge is 2.07. The fourth-order valence-electron chi connectivity index (χ4n) is 1.11. The van der Waals surface area contributed by atoms with Gasteiger partial charge in [0.25, 0.3) is 5.69 Å². The molecule has 0 fully saturated rings. The van der Waals surface area contributed by atoms with Crippen molar-refractivity contribution in [3.8, 4) is 0 Å². The Morgan fingerprint density at radius 1 is 1.54 bits per heavy atom. The summed E-state index contributed by atoms with van der Waals surface area (Å²) in [4.78, 5) is 10.00. The fourth-order valence-corrected chi connectivity index (χ4v) is 1.11. The lowest BCUT2D eigenvalue weighted by atomic mass is 10.1. The zero-order chi connectivity index (χ0) is 9.84. The monoisotopic (exact) mass is 181 g/mol. The van der Waals surface area contributed by atoms with Gasteiger partial charge in [-0.1, -0.05) is 0 Å². The molecule has 1 aromatic carbocycles. The Morgan fingerprint density at radius 2 is 2.23 bits per heavy atom. The van der Waals surface area contributed by atoms with Crippen molar-refractivity contribution >= 4 is 5.69 Å². The van der Waals surface area contributed by atoms with Crippen LogP contribution >= 0.6 is 0 Å². The van der Waals surface area contributed by atoms with Crippen LogP contribution in [0, 0.1) is 17.0 Å². The molecule has 1 aromatic rings. The van der Waals surface area contributed by atoms with Gasteiger partial charge in [-0.25, -0.2) is 0 Å². The van der Waals surface area contributed by atoms with E-state index in [0.717, 1.165) is 11.1 Å².